The van der Waals surface area contributed by atoms with Crippen molar-refractivity contribution in [2.75, 3.05) is 46.3 Å². The van der Waals surface area contributed by atoms with Crippen LogP contribution >= 0.6 is 0 Å². The van der Waals surface area contributed by atoms with Crippen LogP contribution in [-0.2, 0) is 19.5 Å². The van der Waals surface area contributed by atoms with E-state index in [1.54, 1.807) is 18.2 Å². The molecule has 9 heteroatoms. The quantitative estimate of drug-likeness (QED) is 0.479. The molecule has 0 aliphatic heterocycles. The summed E-state index contributed by atoms with van der Waals surface area (Å²) in [5.41, 5.74) is 0.924. The normalized spacial score (nSPS) is 11.5. The van der Waals surface area contributed by atoms with Gasteiger partial charge in [0.1, 0.15) is 0 Å². The van der Waals surface area contributed by atoms with E-state index in [-0.39, 0.29) is 42.6 Å². The minimum atomic E-state index is -3.87. The molecule has 0 fully saturated rings. The van der Waals surface area contributed by atoms with E-state index in [0.29, 0.717) is 5.39 Å². The van der Waals surface area contributed by atoms with Gasteiger partial charge >= 0.3 is 0 Å². The van der Waals surface area contributed by atoms with Gasteiger partial charge in [-0.25, -0.2) is 8.42 Å². The van der Waals surface area contributed by atoms with E-state index in [4.69, 9.17) is 20.3 Å². The summed E-state index contributed by atoms with van der Waals surface area (Å²) in [5, 5.41) is 16.8. The molecule has 0 bridgehead atoms. The van der Waals surface area contributed by atoms with Crippen molar-refractivity contribution < 1.29 is 17.9 Å². The fourth-order valence-corrected chi connectivity index (χ4v) is 4.68. The molecule has 0 amide bonds. The monoisotopic (exact) mass is 420 g/mol. The Morgan fingerprint density at radius 3 is 1.93 bits per heavy atom. The number of sulfonamides is 1. The van der Waals surface area contributed by atoms with Crippen molar-refractivity contribution in [2.45, 2.75) is 17.7 Å². The number of anilines is 1. The number of rotatable bonds is 9. The lowest BCUT2D eigenvalue weighted by molar-refractivity contribution is 0.354. The minimum absolute atomic E-state index is 0.000156. The van der Waals surface area contributed by atoms with Crippen LogP contribution in [0.25, 0.3) is 10.8 Å². The molecule has 0 aliphatic rings. The molecule has 29 heavy (non-hydrogen) atoms. The molecule has 0 saturated carbocycles. The zero-order valence-corrected chi connectivity index (χ0v) is 18.0. The van der Waals surface area contributed by atoms with E-state index in [0.717, 1.165) is 11.1 Å². The van der Waals surface area contributed by atoms with Gasteiger partial charge in [-0.3, -0.25) is 10.8 Å². The maximum atomic E-state index is 13.5. The van der Waals surface area contributed by atoms with Crippen LogP contribution in [0.2, 0.25) is 0 Å². The second-order valence-electron chi connectivity index (χ2n) is 6.68. The first-order valence-corrected chi connectivity index (χ1v) is 10.6. The summed E-state index contributed by atoms with van der Waals surface area (Å²) in [6, 6.07) is 10.8. The third kappa shape index (κ3) is 5.24. The minimum Gasteiger partial charge on any atom is -0.484 e. The van der Waals surface area contributed by atoms with Gasteiger partial charge in [-0.1, -0.05) is 24.3 Å². The Bertz CT molecular complexity index is 969. The Kier molecular flexibility index (Phi) is 7.58. The Morgan fingerprint density at radius 1 is 0.897 bits per heavy atom. The Morgan fingerprint density at radius 2 is 1.41 bits per heavy atom. The van der Waals surface area contributed by atoms with Gasteiger partial charge in [-0.05, 0) is 12.1 Å². The highest BCUT2D eigenvalue weighted by molar-refractivity contribution is 7.89. The predicted molar refractivity (Wildman–Crippen MR) is 116 cm³/mol. The molecule has 2 N–H and O–H groups in total. The van der Waals surface area contributed by atoms with Crippen LogP contribution in [0.4, 0.5) is 5.69 Å². The standard InChI is InChI=1S/C20H28N4O4S/c1-23(2)17-9-5-8-16-15(17)7-6-10-18(16)29(25,26)24(13-11-19(21)27-3)14-12-20(22)28-4/h5-10,21-22H,11-14H2,1-4H3. The molecular weight excluding hydrogens is 392 g/mol. The fraction of sp³-hybridized carbons (Fsp3) is 0.400. The molecular formula is C20H28N4O4S. The second-order valence-corrected chi connectivity index (χ2v) is 8.59. The number of benzene rings is 2. The van der Waals surface area contributed by atoms with Gasteiger partial charge in [0.05, 0.1) is 19.1 Å². The lowest BCUT2D eigenvalue weighted by Crippen LogP contribution is -2.35. The van der Waals surface area contributed by atoms with Crippen LogP contribution in [0, 0.1) is 10.8 Å². The lowest BCUT2D eigenvalue weighted by atomic mass is 10.1. The molecule has 2 rings (SSSR count). The zero-order valence-electron chi connectivity index (χ0n) is 17.2. The first kappa shape index (κ1) is 22.6. The van der Waals surface area contributed by atoms with E-state index >= 15 is 0 Å². The van der Waals surface area contributed by atoms with Crippen LogP contribution in [0.1, 0.15) is 12.8 Å². The van der Waals surface area contributed by atoms with Gasteiger partial charge in [0.25, 0.3) is 0 Å². The molecule has 0 spiro atoms. The van der Waals surface area contributed by atoms with Gasteiger partial charge in [-0.15, -0.1) is 0 Å². The molecule has 0 atom stereocenters. The van der Waals surface area contributed by atoms with Crippen molar-refractivity contribution in [1.29, 1.82) is 10.8 Å². The topological polar surface area (TPSA) is 107 Å². The van der Waals surface area contributed by atoms with Gasteiger partial charge in [-0.2, -0.15) is 4.31 Å². The number of hydrogen-bond acceptors (Lipinski definition) is 7. The summed E-state index contributed by atoms with van der Waals surface area (Å²) < 4.78 is 38.1. The summed E-state index contributed by atoms with van der Waals surface area (Å²) in [6.45, 7) is 0.158. The highest BCUT2D eigenvalue weighted by Crippen LogP contribution is 2.31. The van der Waals surface area contributed by atoms with Crippen LogP contribution in [0.15, 0.2) is 41.3 Å². The lowest BCUT2D eigenvalue weighted by Gasteiger charge is -2.24. The molecule has 0 aliphatic carbocycles. The third-order valence-electron chi connectivity index (χ3n) is 4.63. The molecule has 0 radical (unpaired) electrons. The van der Waals surface area contributed by atoms with Crippen molar-refractivity contribution in [1.82, 2.24) is 4.31 Å². The number of nitrogens with one attached hydrogen (secondary N) is 2. The van der Waals surface area contributed by atoms with Crippen molar-refractivity contribution in [3.8, 4) is 0 Å². The Hall–Kier alpha value is -2.65. The highest BCUT2D eigenvalue weighted by atomic mass is 32.2. The van der Waals surface area contributed by atoms with E-state index < -0.39 is 10.0 Å². The van der Waals surface area contributed by atoms with E-state index in [1.807, 2.05) is 37.2 Å². The largest absolute Gasteiger partial charge is 0.484 e. The SMILES string of the molecule is COC(=N)CCN(CCC(=N)OC)S(=O)(=O)c1cccc2c(N(C)C)cccc12. The van der Waals surface area contributed by atoms with Gasteiger partial charge in [0, 0.05) is 56.5 Å². The summed E-state index contributed by atoms with van der Waals surface area (Å²) >= 11 is 0. The predicted octanol–water partition coefficient (Wildman–Crippen LogP) is 2.92. The van der Waals surface area contributed by atoms with Crippen molar-refractivity contribution in [3.05, 3.63) is 36.4 Å². The smallest absolute Gasteiger partial charge is 0.243 e. The maximum Gasteiger partial charge on any atom is 0.243 e. The first-order valence-electron chi connectivity index (χ1n) is 9.14. The molecule has 2 aromatic carbocycles. The molecule has 0 aromatic heterocycles. The second kappa shape index (κ2) is 9.71. The molecule has 0 saturated heterocycles. The van der Waals surface area contributed by atoms with E-state index in [9.17, 15) is 8.42 Å². The van der Waals surface area contributed by atoms with Crippen molar-refractivity contribution in [2.24, 2.45) is 0 Å². The van der Waals surface area contributed by atoms with Crippen molar-refractivity contribution in [3.63, 3.8) is 0 Å². The summed E-state index contributed by atoms with van der Waals surface area (Å²) in [6.07, 6.45) is 0.285. The molecule has 0 unspecified atom stereocenters. The Labute approximate surface area is 172 Å². The summed E-state index contributed by atoms with van der Waals surface area (Å²) in [4.78, 5) is 2.14. The summed E-state index contributed by atoms with van der Waals surface area (Å²) in [5.74, 6) is -0.000311. The number of hydrogen-bond donors (Lipinski definition) is 2. The first-order chi connectivity index (χ1) is 13.7. The van der Waals surface area contributed by atoms with Crippen molar-refractivity contribution >= 4 is 38.3 Å². The van der Waals surface area contributed by atoms with Gasteiger partial charge in [0.2, 0.25) is 10.0 Å². The van der Waals surface area contributed by atoms with Gasteiger partial charge in [0.15, 0.2) is 11.8 Å². The van der Waals surface area contributed by atoms with Crippen LogP contribution < -0.4 is 4.90 Å². The Balaban J connectivity index is 2.50. The van der Waals surface area contributed by atoms with E-state index in [1.165, 1.54) is 18.5 Å². The van der Waals surface area contributed by atoms with Gasteiger partial charge < -0.3 is 14.4 Å². The summed E-state index contributed by atoms with van der Waals surface area (Å²) in [7, 11) is 2.72. The highest BCUT2D eigenvalue weighted by Gasteiger charge is 2.27. The maximum absolute atomic E-state index is 13.5. The third-order valence-corrected chi connectivity index (χ3v) is 6.58. The van der Waals surface area contributed by atoms with Crippen LogP contribution in [-0.4, -0.2) is 65.9 Å². The molecule has 158 valence electrons. The van der Waals surface area contributed by atoms with Crippen LogP contribution in [0.5, 0.6) is 0 Å². The fourth-order valence-electron chi connectivity index (χ4n) is 3.03. The van der Waals surface area contributed by atoms with E-state index in [2.05, 4.69) is 0 Å². The number of fused-ring (bicyclic) bond motifs is 1. The zero-order chi connectivity index (χ0) is 21.6. The number of nitrogens with zero attached hydrogens (tertiary/aromatic N) is 2. The average Bonchev–Trinajstić information content (AvgIpc) is 2.71. The number of ether oxygens (including phenoxy) is 2. The van der Waals surface area contributed by atoms with Crippen LogP contribution in [0.3, 0.4) is 0 Å². The molecule has 0 heterocycles. The molecule has 8 nitrogen and oxygen atoms in total. The number of methoxy groups -OCH3 is 2. The average molecular weight is 421 g/mol. The molecule has 2 aromatic rings.